The summed E-state index contributed by atoms with van der Waals surface area (Å²) in [7, 11) is -3.70. The number of carbonyl (C=O) groups excluding carboxylic acids is 1. The van der Waals surface area contributed by atoms with Gasteiger partial charge in [0, 0.05) is 30.6 Å². The van der Waals surface area contributed by atoms with Gasteiger partial charge in [-0.1, -0.05) is 12.8 Å². The van der Waals surface area contributed by atoms with Crippen molar-refractivity contribution in [3.05, 3.63) is 30.1 Å². The van der Waals surface area contributed by atoms with E-state index in [-0.39, 0.29) is 23.3 Å². The van der Waals surface area contributed by atoms with Crippen LogP contribution in [0.2, 0.25) is 0 Å². The summed E-state index contributed by atoms with van der Waals surface area (Å²) < 4.78 is 39.9. The zero-order valence-corrected chi connectivity index (χ0v) is 17.0. The standard InChI is InChI=1S/C19H27FN2O3S2/c20-16-7-9-18(10-8-16)27(24,25)22-12-3-4-15(14-22)19(23)21-11-13-26-17-5-1-2-6-17/h7-10,15,17H,1-6,11-14H2,(H,21,23)/t15-/m0/s1. The summed E-state index contributed by atoms with van der Waals surface area (Å²) in [6.07, 6.45) is 6.51. The third-order valence-electron chi connectivity index (χ3n) is 5.26. The molecule has 1 atom stereocenters. The number of thioether (sulfide) groups is 1. The number of nitrogens with zero attached hydrogens (tertiary/aromatic N) is 1. The number of nitrogens with one attached hydrogen (secondary N) is 1. The van der Waals surface area contributed by atoms with Gasteiger partial charge in [0.15, 0.2) is 0 Å². The monoisotopic (exact) mass is 414 g/mol. The van der Waals surface area contributed by atoms with Gasteiger partial charge in [0.25, 0.3) is 0 Å². The fourth-order valence-corrected chi connectivity index (χ4v) is 6.47. The minimum absolute atomic E-state index is 0.0675. The molecule has 1 saturated carbocycles. The molecule has 1 aromatic rings. The first-order chi connectivity index (χ1) is 13.0. The largest absolute Gasteiger partial charge is 0.355 e. The maximum absolute atomic E-state index is 13.1. The van der Waals surface area contributed by atoms with Gasteiger partial charge in [0.1, 0.15) is 5.82 Å². The molecule has 8 heteroatoms. The summed E-state index contributed by atoms with van der Waals surface area (Å²) in [5.74, 6) is 0.0348. The van der Waals surface area contributed by atoms with Crippen molar-refractivity contribution in [2.45, 2.75) is 48.7 Å². The Hall–Kier alpha value is -1.12. The van der Waals surface area contributed by atoms with Crippen molar-refractivity contribution in [2.75, 3.05) is 25.4 Å². The SMILES string of the molecule is O=C(NCCSC1CCCC1)[C@H]1CCCN(S(=O)(=O)c2ccc(F)cc2)C1. The van der Waals surface area contributed by atoms with Crippen LogP contribution in [0.25, 0.3) is 0 Å². The van der Waals surface area contributed by atoms with Crippen molar-refractivity contribution in [3.8, 4) is 0 Å². The molecule has 2 aliphatic rings. The normalized spacial score (nSPS) is 22.0. The van der Waals surface area contributed by atoms with E-state index in [0.717, 1.165) is 23.1 Å². The van der Waals surface area contributed by atoms with Gasteiger partial charge in [0.05, 0.1) is 10.8 Å². The Labute approximate surface area is 165 Å². The Morgan fingerprint density at radius 2 is 1.85 bits per heavy atom. The second kappa shape index (κ2) is 9.39. The number of piperidine rings is 1. The number of rotatable bonds is 7. The zero-order chi connectivity index (χ0) is 19.3. The highest BCUT2D eigenvalue weighted by Gasteiger charge is 2.33. The maximum atomic E-state index is 13.1. The van der Waals surface area contributed by atoms with E-state index < -0.39 is 15.8 Å². The number of carbonyl (C=O) groups is 1. The summed E-state index contributed by atoms with van der Waals surface area (Å²) in [5.41, 5.74) is 0. The molecule has 1 saturated heterocycles. The van der Waals surface area contributed by atoms with Crippen LogP contribution in [0.1, 0.15) is 38.5 Å². The van der Waals surface area contributed by atoms with Gasteiger partial charge in [-0.05, 0) is 49.9 Å². The van der Waals surface area contributed by atoms with Crippen LogP contribution in [0, 0.1) is 11.7 Å². The molecule has 1 aromatic carbocycles. The third-order valence-corrected chi connectivity index (χ3v) is 8.53. The number of sulfonamides is 1. The average molecular weight is 415 g/mol. The molecule has 1 aliphatic heterocycles. The topological polar surface area (TPSA) is 66.5 Å². The van der Waals surface area contributed by atoms with Crippen LogP contribution in [0.4, 0.5) is 4.39 Å². The summed E-state index contributed by atoms with van der Waals surface area (Å²) in [6.45, 7) is 1.20. The number of halogens is 1. The average Bonchev–Trinajstić information content (AvgIpc) is 3.19. The fraction of sp³-hybridized carbons (Fsp3) is 0.632. The Balaban J connectivity index is 1.50. The van der Waals surface area contributed by atoms with Gasteiger partial charge in [-0.3, -0.25) is 4.79 Å². The molecule has 1 amide bonds. The van der Waals surface area contributed by atoms with Crippen molar-refractivity contribution < 1.29 is 17.6 Å². The van der Waals surface area contributed by atoms with Gasteiger partial charge in [-0.15, -0.1) is 0 Å². The lowest BCUT2D eigenvalue weighted by atomic mass is 9.99. The molecule has 1 heterocycles. The quantitative estimate of drug-likeness (QED) is 0.697. The third kappa shape index (κ3) is 5.45. The molecule has 150 valence electrons. The summed E-state index contributed by atoms with van der Waals surface area (Å²) in [6, 6.07) is 4.83. The van der Waals surface area contributed by atoms with Crippen molar-refractivity contribution in [1.82, 2.24) is 9.62 Å². The minimum atomic E-state index is -3.70. The van der Waals surface area contributed by atoms with Gasteiger partial charge in [0.2, 0.25) is 15.9 Å². The van der Waals surface area contributed by atoms with E-state index in [1.807, 2.05) is 11.8 Å². The Morgan fingerprint density at radius 1 is 1.15 bits per heavy atom. The lowest BCUT2D eigenvalue weighted by Gasteiger charge is -2.31. The highest BCUT2D eigenvalue weighted by Crippen LogP contribution is 2.29. The van der Waals surface area contributed by atoms with Gasteiger partial charge in [-0.2, -0.15) is 16.1 Å². The van der Waals surface area contributed by atoms with Gasteiger partial charge >= 0.3 is 0 Å². The molecule has 0 spiro atoms. The van der Waals surface area contributed by atoms with E-state index in [1.54, 1.807) is 0 Å². The highest BCUT2D eigenvalue weighted by molar-refractivity contribution is 7.99. The molecule has 3 rings (SSSR count). The van der Waals surface area contributed by atoms with Crippen LogP contribution in [0.15, 0.2) is 29.2 Å². The predicted octanol–water partition coefficient (Wildman–Crippen LogP) is 3.02. The van der Waals surface area contributed by atoms with Crippen molar-refractivity contribution in [1.29, 1.82) is 0 Å². The first kappa shape index (κ1) is 20.6. The summed E-state index contributed by atoms with van der Waals surface area (Å²) in [5, 5.41) is 3.69. The number of benzene rings is 1. The number of amides is 1. The lowest BCUT2D eigenvalue weighted by molar-refractivity contribution is -0.125. The Morgan fingerprint density at radius 3 is 2.56 bits per heavy atom. The van der Waals surface area contributed by atoms with E-state index in [9.17, 15) is 17.6 Å². The molecule has 1 aliphatic carbocycles. The second-order valence-corrected chi connectivity index (χ2v) is 10.6. The van der Waals surface area contributed by atoms with Crippen LogP contribution >= 0.6 is 11.8 Å². The van der Waals surface area contributed by atoms with Crippen LogP contribution in [-0.2, 0) is 14.8 Å². The Bertz CT molecular complexity index is 734. The zero-order valence-electron chi connectivity index (χ0n) is 15.4. The number of hydrogen-bond donors (Lipinski definition) is 1. The molecule has 1 N–H and O–H groups in total. The van der Waals surface area contributed by atoms with E-state index >= 15 is 0 Å². The van der Waals surface area contributed by atoms with Crippen molar-refractivity contribution in [2.24, 2.45) is 5.92 Å². The second-order valence-electron chi connectivity index (χ2n) is 7.22. The molecule has 0 radical (unpaired) electrons. The fourth-order valence-electron chi connectivity index (χ4n) is 3.73. The van der Waals surface area contributed by atoms with Crippen LogP contribution in [-0.4, -0.2) is 49.3 Å². The predicted molar refractivity (Wildman–Crippen MR) is 106 cm³/mol. The first-order valence-electron chi connectivity index (χ1n) is 9.62. The molecule has 0 aromatic heterocycles. The molecular weight excluding hydrogens is 387 g/mol. The summed E-state index contributed by atoms with van der Waals surface area (Å²) in [4.78, 5) is 12.5. The first-order valence-corrected chi connectivity index (χ1v) is 12.1. The molecule has 27 heavy (non-hydrogen) atoms. The number of hydrogen-bond acceptors (Lipinski definition) is 4. The molecule has 2 fully saturated rings. The Kier molecular flexibility index (Phi) is 7.16. The highest BCUT2D eigenvalue weighted by atomic mass is 32.2. The molecule has 0 bridgehead atoms. The molecule has 0 unspecified atom stereocenters. The van der Waals surface area contributed by atoms with Crippen LogP contribution in [0.5, 0.6) is 0 Å². The van der Waals surface area contributed by atoms with E-state index in [2.05, 4.69) is 5.32 Å². The molecular formula is C19H27FN2O3S2. The van der Waals surface area contributed by atoms with Gasteiger partial charge < -0.3 is 5.32 Å². The van der Waals surface area contributed by atoms with Crippen LogP contribution in [0.3, 0.4) is 0 Å². The smallest absolute Gasteiger partial charge is 0.243 e. The van der Waals surface area contributed by atoms with E-state index in [4.69, 9.17) is 0 Å². The van der Waals surface area contributed by atoms with Crippen LogP contribution < -0.4 is 5.32 Å². The summed E-state index contributed by atoms with van der Waals surface area (Å²) >= 11 is 1.92. The van der Waals surface area contributed by atoms with Gasteiger partial charge in [-0.25, -0.2) is 12.8 Å². The lowest BCUT2D eigenvalue weighted by Crippen LogP contribution is -2.45. The van der Waals surface area contributed by atoms with E-state index in [0.29, 0.717) is 25.9 Å². The van der Waals surface area contributed by atoms with Crippen molar-refractivity contribution in [3.63, 3.8) is 0 Å². The molecule has 5 nitrogen and oxygen atoms in total. The van der Waals surface area contributed by atoms with E-state index in [1.165, 1.54) is 42.1 Å². The van der Waals surface area contributed by atoms with Crippen molar-refractivity contribution >= 4 is 27.7 Å². The maximum Gasteiger partial charge on any atom is 0.243 e. The minimum Gasteiger partial charge on any atom is -0.355 e.